The molecule has 0 radical (unpaired) electrons. The maximum atomic E-state index is 10.5. The van der Waals surface area contributed by atoms with Crippen molar-refractivity contribution >= 4 is 5.82 Å². The van der Waals surface area contributed by atoms with Gasteiger partial charge in [0.05, 0.1) is 11.8 Å². The largest absolute Gasteiger partial charge is 0.388 e. The monoisotopic (exact) mass is 235 g/mol. The number of rotatable bonds is 3. The molecule has 4 heteroatoms. The third-order valence-corrected chi connectivity index (χ3v) is 3.42. The van der Waals surface area contributed by atoms with E-state index in [1.165, 1.54) is 12.8 Å². The van der Waals surface area contributed by atoms with Crippen LogP contribution in [-0.4, -0.2) is 27.4 Å². The highest BCUT2D eigenvalue weighted by Crippen LogP contribution is 2.27. The van der Waals surface area contributed by atoms with Crippen LogP contribution in [-0.2, 0) is 0 Å². The molecular formula is C13H21N3O. The van der Waals surface area contributed by atoms with Gasteiger partial charge in [0.2, 0.25) is 0 Å². The highest BCUT2D eigenvalue weighted by Gasteiger charge is 2.27. The van der Waals surface area contributed by atoms with Gasteiger partial charge in [-0.05, 0) is 31.4 Å². The zero-order valence-corrected chi connectivity index (χ0v) is 10.4. The molecule has 2 N–H and O–H groups in total. The van der Waals surface area contributed by atoms with Gasteiger partial charge in [-0.1, -0.05) is 25.7 Å². The molecule has 0 amide bonds. The molecule has 1 aliphatic rings. The van der Waals surface area contributed by atoms with Crippen molar-refractivity contribution in [1.82, 2.24) is 10.2 Å². The number of nitrogens with zero attached hydrogens (tertiary/aromatic N) is 2. The lowest BCUT2D eigenvalue weighted by atomic mass is 9.94. The predicted octanol–water partition coefficient (Wildman–Crippen LogP) is 2.28. The van der Waals surface area contributed by atoms with E-state index < -0.39 is 5.60 Å². The standard InChI is InChI=1S/C13H21N3O/c1-11-8-12(16-15-9-11)14-10-13(17)6-4-2-3-5-7-13/h8-9,17H,2-7,10H2,1H3,(H,14,16). The van der Waals surface area contributed by atoms with Crippen LogP contribution in [0.2, 0.25) is 0 Å². The van der Waals surface area contributed by atoms with Gasteiger partial charge in [0.25, 0.3) is 0 Å². The van der Waals surface area contributed by atoms with Gasteiger partial charge in [-0.3, -0.25) is 0 Å². The first-order chi connectivity index (χ1) is 8.18. The summed E-state index contributed by atoms with van der Waals surface area (Å²) in [5.41, 5.74) is 0.511. The Bertz CT molecular complexity index is 359. The van der Waals surface area contributed by atoms with Gasteiger partial charge in [0, 0.05) is 6.54 Å². The van der Waals surface area contributed by atoms with E-state index in [4.69, 9.17) is 0 Å². The molecule has 0 bridgehead atoms. The zero-order chi connectivity index (χ0) is 12.1. The van der Waals surface area contributed by atoms with Crippen LogP contribution in [0.1, 0.15) is 44.1 Å². The number of aromatic nitrogens is 2. The van der Waals surface area contributed by atoms with E-state index in [0.717, 1.165) is 37.1 Å². The van der Waals surface area contributed by atoms with Gasteiger partial charge in [-0.25, -0.2) is 0 Å². The summed E-state index contributed by atoms with van der Waals surface area (Å²) in [4.78, 5) is 0. The van der Waals surface area contributed by atoms with Crippen LogP contribution in [0.3, 0.4) is 0 Å². The van der Waals surface area contributed by atoms with Gasteiger partial charge in [-0.2, -0.15) is 5.10 Å². The van der Waals surface area contributed by atoms with Crippen LogP contribution in [0.5, 0.6) is 0 Å². The predicted molar refractivity (Wildman–Crippen MR) is 67.9 cm³/mol. The minimum atomic E-state index is -0.568. The SMILES string of the molecule is Cc1cnnc(NCC2(O)CCCCCC2)c1. The summed E-state index contributed by atoms with van der Waals surface area (Å²) in [5, 5.41) is 21.6. The lowest BCUT2D eigenvalue weighted by Gasteiger charge is -2.26. The first-order valence-electron chi connectivity index (χ1n) is 6.44. The lowest BCUT2D eigenvalue weighted by molar-refractivity contribution is 0.0380. The second-order valence-electron chi connectivity index (χ2n) is 5.11. The summed E-state index contributed by atoms with van der Waals surface area (Å²) in [7, 11) is 0. The number of aliphatic hydroxyl groups is 1. The normalized spacial score (nSPS) is 19.6. The summed E-state index contributed by atoms with van der Waals surface area (Å²) < 4.78 is 0. The maximum Gasteiger partial charge on any atom is 0.149 e. The van der Waals surface area contributed by atoms with E-state index in [-0.39, 0.29) is 0 Å². The summed E-state index contributed by atoms with van der Waals surface area (Å²) in [6, 6.07) is 1.95. The van der Waals surface area contributed by atoms with Crippen LogP contribution in [0.15, 0.2) is 12.3 Å². The van der Waals surface area contributed by atoms with E-state index in [1.54, 1.807) is 6.20 Å². The Balaban J connectivity index is 1.92. The molecule has 0 aromatic carbocycles. The second kappa shape index (κ2) is 5.45. The van der Waals surface area contributed by atoms with Crippen molar-refractivity contribution in [2.24, 2.45) is 0 Å². The van der Waals surface area contributed by atoms with E-state index in [1.807, 2.05) is 13.0 Å². The Labute approximate surface area is 102 Å². The molecule has 1 fully saturated rings. The Morgan fingerprint density at radius 2 is 2.00 bits per heavy atom. The van der Waals surface area contributed by atoms with E-state index in [2.05, 4.69) is 15.5 Å². The van der Waals surface area contributed by atoms with Crippen molar-refractivity contribution in [3.05, 3.63) is 17.8 Å². The quantitative estimate of drug-likeness (QED) is 0.789. The van der Waals surface area contributed by atoms with Crippen molar-refractivity contribution in [3.8, 4) is 0 Å². The molecule has 94 valence electrons. The van der Waals surface area contributed by atoms with Crippen molar-refractivity contribution in [2.75, 3.05) is 11.9 Å². The number of hydrogen-bond donors (Lipinski definition) is 2. The Morgan fingerprint density at radius 3 is 2.65 bits per heavy atom. The van der Waals surface area contributed by atoms with Crippen LogP contribution < -0.4 is 5.32 Å². The summed E-state index contributed by atoms with van der Waals surface area (Å²) in [5.74, 6) is 0.752. The fraction of sp³-hybridized carbons (Fsp3) is 0.692. The fourth-order valence-electron chi connectivity index (χ4n) is 2.37. The summed E-state index contributed by atoms with van der Waals surface area (Å²) in [6.07, 6.45) is 8.23. The molecule has 0 spiro atoms. The molecule has 0 unspecified atom stereocenters. The molecule has 4 nitrogen and oxygen atoms in total. The minimum absolute atomic E-state index is 0.568. The topological polar surface area (TPSA) is 58.0 Å². The highest BCUT2D eigenvalue weighted by atomic mass is 16.3. The van der Waals surface area contributed by atoms with Crippen molar-refractivity contribution < 1.29 is 5.11 Å². The third-order valence-electron chi connectivity index (χ3n) is 3.42. The van der Waals surface area contributed by atoms with Gasteiger partial charge in [0.1, 0.15) is 5.82 Å². The lowest BCUT2D eigenvalue weighted by Crippen LogP contribution is -2.36. The molecule has 1 aromatic rings. The van der Waals surface area contributed by atoms with E-state index in [9.17, 15) is 5.11 Å². The van der Waals surface area contributed by atoms with Crippen molar-refractivity contribution in [2.45, 2.75) is 51.0 Å². The Kier molecular flexibility index (Phi) is 3.94. The smallest absolute Gasteiger partial charge is 0.149 e. The Morgan fingerprint density at radius 1 is 1.29 bits per heavy atom. The highest BCUT2D eigenvalue weighted by molar-refractivity contribution is 5.35. The van der Waals surface area contributed by atoms with Crippen LogP contribution in [0, 0.1) is 6.92 Å². The first-order valence-corrected chi connectivity index (χ1v) is 6.44. The number of hydrogen-bond acceptors (Lipinski definition) is 4. The average Bonchev–Trinajstić information content (AvgIpc) is 2.53. The van der Waals surface area contributed by atoms with Crippen molar-refractivity contribution in [1.29, 1.82) is 0 Å². The van der Waals surface area contributed by atoms with E-state index >= 15 is 0 Å². The Hall–Kier alpha value is -1.16. The molecule has 0 aliphatic heterocycles. The molecule has 1 aromatic heterocycles. The third kappa shape index (κ3) is 3.66. The second-order valence-corrected chi connectivity index (χ2v) is 5.11. The maximum absolute atomic E-state index is 10.5. The summed E-state index contributed by atoms with van der Waals surface area (Å²) in [6.45, 7) is 2.56. The molecular weight excluding hydrogens is 214 g/mol. The number of aryl methyl sites for hydroxylation is 1. The van der Waals surface area contributed by atoms with Gasteiger partial charge in [-0.15, -0.1) is 5.10 Å². The number of nitrogens with one attached hydrogen (secondary N) is 1. The molecule has 2 rings (SSSR count). The molecule has 1 aliphatic carbocycles. The van der Waals surface area contributed by atoms with Crippen LogP contribution in [0.25, 0.3) is 0 Å². The molecule has 1 saturated carbocycles. The van der Waals surface area contributed by atoms with Crippen LogP contribution >= 0.6 is 0 Å². The van der Waals surface area contributed by atoms with Gasteiger partial charge >= 0.3 is 0 Å². The van der Waals surface area contributed by atoms with Gasteiger partial charge < -0.3 is 10.4 Å². The zero-order valence-electron chi connectivity index (χ0n) is 10.4. The molecule has 1 heterocycles. The van der Waals surface area contributed by atoms with Crippen LogP contribution in [0.4, 0.5) is 5.82 Å². The molecule has 17 heavy (non-hydrogen) atoms. The molecule has 0 atom stereocenters. The minimum Gasteiger partial charge on any atom is -0.388 e. The fourth-order valence-corrected chi connectivity index (χ4v) is 2.37. The van der Waals surface area contributed by atoms with Gasteiger partial charge in [0.15, 0.2) is 0 Å². The van der Waals surface area contributed by atoms with E-state index in [0.29, 0.717) is 6.54 Å². The average molecular weight is 235 g/mol. The summed E-state index contributed by atoms with van der Waals surface area (Å²) >= 11 is 0. The van der Waals surface area contributed by atoms with Crippen molar-refractivity contribution in [3.63, 3.8) is 0 Å². The first kappa shape index (κ1) is 12.3. The molecule has 0 saturated heterocycles. The number of anilines is 1.